The first-order valence-corrected chi connectivity index (χ1v) is 5.19. The molecule has 6 heteroatoms. The smallest absolute Gasteiger partial charge is 0.276 e. The van der Waals surface area contributed by atoms with E-state index in [0.29, 0.717) is 13.1 Å². The van der Waals surface area contributed by atoms with E-state index in [1.54, 1.807) is 0 Å². The molecular weight excluding hydrogens is 178 g/mol. The van der Waals surface area contributed by atoms with Gasteiger partial charge in [0.1, 0.15) is 0 Å². The predicted molar refractivity (Wildman–Crippen MR) is 48.8 cm³/mol. The van der Waals surface area contributed by atoms with E-state index < -0.39 is 10.2 Å². The van der Waals surface area contributed by atoms with Gasteiger partial charge in [-0.15, -0.1) is 0 Å². The van der Waals surface area contributed by atoms with Crippen LogP contribution in [0.4, 0.5) is 0 Å². The number of hydrogen-bond acceptors (Lipinski definition) is 3. The second kappa shape index (κ2) is 4.18. The zero-order valence-corrected chi connectivity index (χ0v) is 8.53. The highest BCUT2D eigenvalue weighted by Gasteiger charge is 2.18. The summed E-state index contributed by atoms with van der Waals surface area (Å²) in [4.78, 5) is 0. The van der Waals surface area contributed by atoms with Crippen LogP contribution in [0.3, 0.4) is 0 Å². The third-order valence-corrected chi connectivity index (χ3v) is 2.62. The summed E-state index contributed by atoms with van der Waals surface area (Å²) in [5.74, 6) is 0. The first kappa shape index (κ1) is 11.8. The fourth-order valence-electron chi connectivity index (χ4n) is 0.435. The summed E-state index contributed by atoms with van der Waals surface area (Å²) in [5.41, 5.74) is 5.22. The van der Waals surface area contributed by atoms with Gasteiger partial charge in [-0.25, -0.2) is 9.44 Å². The molecule has 4 N–H and O–H groups in total. The van der Waals surface area contributed by atoms with Crippen LogP contribution in [0.1, 0.15) is 13.8 Å². The van der Waals surface area contributed by atoms with Crippen LogP contribution in [0, 0.1) is 5.41 Å². The monoisotopic (exact) mass is 195 g/mol. The van der Waals surface area contributed by atoms with Gasteiger partial charge in [0.15, 0.2) is 0 Å². The van der Waals surface area contributed by atoms with Crippen LogP contribution >= 0.6 is 0 Å². The first-order chi connectivity index (χ1) is 5.33. The Hall–Kier alpha value is -0.170. The molecule has 0 aliphatic heterocycles. The second-order valence-electron chi connectivity index (χ2n) is 3.40. The van der Waals surface area contributed by atoms with Gasteiger partial charge in [0.25, 0.3) is 10.2 Å². The van der Waals surface area contributed by atoms with Crippen molar-refractivity contribution in [1.29, 1.82) is 0 Å². The first-order valence-electron chi connectivity index (χ1n) is 3.71. The minimum Gasteiger partial charge on any atom is -0.330 e. The number of rotatable bonds is 5. The average molecular weight is 195 g/mol. The summed E-state index contributed by atoms with van der Waals surface area (Å²) in [7, 11) is -1.96. The number of nitrogens with one attached hydrogen (secondary N) is 2. The van der Waals surface area contributed by atoms with Crippen molar-refractivity contribution < 1.29 is 8.42 Å². The largest absolute Gasteiger partial charge is 0.330 e. The summed E-state index contributed by atoms with van der Waals surface area (Å²) in [6.45, 7) is 4.57. The molecule has 0 aromatic rings. The molecule has 0 bridgehead atoms. The van der Waals surface area contributed by atoms with Crippen LogP contribution in [0.15, 0.2) is 0 Å². The maximum Gasteiger partial charge on any atom is 0.276 e. The topological polar surface area (TPSA) is 84.2 Å². The minimum absolute atomic E-state index is 0.204. The molecule has 74 valence electrons. The Morgan fingerprint density at radius 2 is 1.92 bits per heavy atom. The summed E-state index contributed by atoms with van der Waals surface area (Å²) in [6.07, 6.45) is 0. The Kier molecular flexibility index (Phi) is 4.12. The fraction of sp³-hybridized carbons (Fsp3) is 1.00. The van der Waals surface area contributed by atoms with Gasteiger partial charge >= 0.3 is 0 Å². The molecule has 0 aliphatic carbocycles. The number of nitrogens with two attached hydrogens (primary N) is 1. The Morgan fingerprint density at radius 3 is 2.25 bits per heavy atom. The Balaban J connectivity index is 4.00. The van der Waals surface area contributed by atoms with Crippen molar-refractivity contribution in [1.82, 2.24) is 9.44 Å². The highest BCUT2D eigenvalue weighted by atomic mass is 32.2. The normalized spacial score (nSPS) is 13.3. The third-order valence-electron chi connectivity index (χ3n) is 1.56. The van der Waals surface area contributed by atoms with E-state index >= 15 is 0 Å². The maximum absolute atomic E-state index is 10.9. The zero-order valence-electron chi connectivity index (χ0n) is 7.72. The van der Waals surface area contributed by atoms with Crippen molar-refractivity contribution in [3.05, 3.63) is 0 Å². The van der Waals surface area contributed by atoms with Gasteiger partial charge in [-0.3, -0.25) is 0 Å². The molecule has 0 aromatic heterocycles. The molecule has 0 spiro atoms. The SMILES string of the molecule is CNS(=O)(=O)NCC(C)(C)CN. The summed E-state index contributed by atoms with van der Waals surface area (Å²) < 4.78 is 26.3. The minimum atomic E-state index is -3.32. The van der Waals surface area contributed by atoms with Crippen molar-refractivity contribution in [3.8, 4) is 0 Å². The van der Waals surface area contributed by atoms with E-state index in [1.807, 2.05) is 13.8 Å². The molecule has 0 radical (unpaired) electrons. The number of hydrogen-bond donors (Lipinski definition) is 3. The van der Waals surface area contributed by atoms with Crippen LogP contribution in [0.2, 0.25) is 0 Å². The van der Waals surface area contributed by atoms with E-state index in [2.05, 4.69) is 9.44 Å². The van der Waals surface area contributed by atoms with Crippen LogP contribution < -0.4 is 15.2 Å². The van der Waals surface area contributed by atoms with E-state index in [4.69, 9.17) is 5.73 Å². The fourth-order valence-corrected chi connectivity index (χ4v) is 1.16. The molecule has 0 rings (SSSR count). The summed E-state index contributed by atoms with van der Waals surface area (Å²) >= 11 is 0. The van der Waals surface area contributed by atoms with Crippen LogP contribution in [-0.2, 0) is 10.2 Å². The molecule has 5 nitrogen and oxygen atoms in total. The van der Waals surface area contributed by atoms with E-state index in [0.717, 1.165) is 0 Å². The van der Waals surface area contributed by atoms with Crippen molar-refractivity contribution in [2.24, 2.45) is 11.1 Å². The molecule has 0 aromatic carbocycles. The lowest BCUT2D eigenvalue weighted by Crippen LogP contribution is -2.42. The van der Waals surface area contributed by atoms with Gasteiger partial charge in [-0.05, 0) is 12.0 Å². The molecule has 0 unspecified atom stereocenters. The maximum atomic E-state index is 10.9. The van der Waals surface area contributed by atoms with Gasteiger partial charge < -0.3 is 5.73 Å². The lowest BCUT2D eigenvalue weighted by atomic mass is 9.95. The Labute approximate surface area is 73.9 Å². The molecule has 0 amide bonds. The van der Waals surface area contributed by atoms with Gasteiger partial charge in [0.2, 0.25) is 0 Å². The van der Waals surface area contributed by atoms with Gasteiger partial charge in [0, 0.05) is 13.6 Å². The van der Waals surface area contributed by atoms with Crippen molar-refractivity contribution >= 4 is 10.2 Å². The lowest BCUT2D eigenvalue weighted by Gasteiger charge is -2.22. The average Bonchev–Trinajstić information content (AvgIpc) is 2.02. The van der Waals surface area contributed by atoms with Crippen molar-refractivity contribution in [2.75, 3.05) is 20.1 Å². The van der Waals surface area contributed by atoms with Crippen LogP contribution in [-0.4, -0.2) is 28.6 Å². The highest BCUT2D eigenvalue weighted by Crippen LogP contribution is 2.09. The molecule has 0 heterocycles. The molecule has 0 atom stereocenters. The molecule has 0 saturated heterocycles. The predicted octanol–water partition coefficient (Wildman–Crippen LogP) is -0.975. The lowest BCUT2D eigenvalue weighted by molar-refractivity contribution is 0.375. The molecule has 0 aliphatic rings. The molecular formula is C6H17N3O2S. The van der Waals surface area contributed by atoms with Gasteiger partial charge in [-0.1, -0.05) is 13.8 Å². The van der Waals surface area contributed by atoms with E-state index in [-0.39, 0.29) is 5.41 Å². The van der Waals surface area contributed by atoms with Crippen LogP contribution in [0.25, 0.3) is 0 Å². The summed E-state index contributed by atoms with van der Waals surface area (Å²) in [6, 6.07) is 0. The molecule has 0 saturated carbocycles. The Morgan fingerprint density at radius 1 is 1.42 bits per heavy atom. The quantitative estimate of drug-likeness (QED) is 0.527. The zero-order chi connectivity index (χ0) is 9.83. The standard InChI is InChI=1S/C6H17N3O2S/c1-6(2,4-7)5-9-12(10,11)8-3/h8-9H,4-5,7H2,1-3H3. The van der Waals surface area contributed by atoms with Crippen molar-refractivity contribution in [2.45, 2.75) is 13.8 Å². The third kappa shape index (κ3) is 4.66. The van der Waals surface area contributed by atoms with E-state index in [9.17, 15) is 8.42 Å². The highest BCUT2D eigenvalue weighted by molar-refractivity contribution is 7.87. The van der Waals surface area contributed by atoms with Crippen LogP contribution in [0.5, 0.6) is 0 Å². The summed E-state index contributed by atoms with van der Waals surface area (Å²) in [5, 5.41) is 0. The molecule has 0 fully saturated rings. The second-order valence-corrected chi connectivity index (χ2v) is 5.10. The van der Waals surface area contributed by atoms with E-state index in [1.165, 1.54) is 7.05 Å². The molecule has 12 heavy (non-hydrogen) atoms. The van der Waals surface area contributed by atoms with Gasteiger partial charge in [-0.2, -0.15) is 8.42 Å². The van der Waals surface area contributed by atoms with Crippen molar-refractivity contribution in [3.63, 3.8) is 0 Å². The van der Waals surface area contributed by atoms with Gasteiger partial charge in [0.05, 0.1) is 0 Å². The Bertz CT molecular complexity index is 223.